The minimum Gasteiger partial charge on any atom is -0.377 e. The van der Waals surface area contributed by atoms with Crippen LogP contribution < -0.4 is 0 Å². The normalized spacial score (nSPS) is 25.4. The molecule has 0 aliphatic carbocycles. The van der Waals surface area contributed by atoms with Crippen LogP contribution in [0.3, 0.4) is 0 Å². The molecule has 0 radical (unpaired) electrons. The zero-order valence-electron chi connectivity index (χ0n) is 5.11. The first kappa shape index (κ1) is 5.65. The maximum Gasteiger partial charge on any atom is 0.0706 e. The van der Waals surface area contributed by atoms with Gasteiger partial charge < -0.3 is 4.74 Å². The van der Waals surface area contributed by atoms with E-state index in [0.29, 0.717) is 6.10 Å². The summed E-state index contributed by atoms with van der Waals surface area (Å²) in [4.78, 5) is 0. The van der Waals surface area contributed by atoms with Gasteiger partial charge in [0.25, 0.3) is 0 Å². The maximum atomic E-state index is 5.13. The summed E-state index contributed by atoms with van der Waals surface area (Å²) in [5.74, 6) is 5.81. The van der Waals surface area contributed by atoms with E-state index in [1.54, 1.807) is 0 Å². The molecule has 44 valence electrons. The largest absolute Gasteiger partial charge is 0.377 e. The molecule has 0 saturated carbocycles. The number of ether oxygens (including phenoxy) is 1. The molecule has 0 bridgehead atoms. The Morgan fingerprint density at radius 2 is 2.50 bits per heavy atom. The predicted molar refractivity (Wildman–Crippen MR) is 32.4 cm³/mol. The Morgan fingerprint density at radius 3 is 2.88 bits per heavy atom. The summed E-state index contributed by atoms with van der Waals surface area (Å²) in [6.45, 7) is 2.80. The lowest BCUT2D eigenvalue weighted by molar-refractivity contribution is -0.0463. The second-order valence-corrected chi connectivity index (χ2v) is 1.91. The van der Waals surface area contributed by atoms with E-state index in [9.17, 15) is 0 Å². The highest BCUT2D eigenvalue weighted by Gasteiger charge is 2.15. The van der Waals surface area contributed by atoms with Gasteiger partial charge in [-0.25, -0.2) is 0 Å². The summed E-state index contributed by atoms with van der Waals surface area (Å²) in [5.41, 5.74) is 0. The first-order valence-electron chi connectivity index (χ1n) is 2.94. The third-order valence-corrected chi connectivity index (χ3v) is 1.30. The summed E-state index contributed by atoms with van der Waals surface area (Å²) in [7, 11) is 0. The number of hydrogen-bond acceptors (Lipinski definition) is 1. The lowest BCUT2D eigenvalue weighted by atomic mass is 10.1. The topological polar surface area (TPSA) is 9.23 Å². The van der Waals surface area contributed by atoms with Crippen molar-refractivity contribution in [3.05, 3.63) is 0 Å². The highest BCUT2D eigenvalue weighted by molar-refractivity contribution is 4.97. The molecule has 1 aliphatic rings. The molecule has 0 aromatic carbocycles. The van der Waals surface area contributed by atoms with Gasteiger partial charge in [0.15, 0.2) is 0 Å². The van der Waals surface area contributed by atoms with E-state index in [2.05, 4.69) is 11.8 Å². The van der Waals surface area contributed by atoms with Crippen LogP contribution in [0.1, 0.15) is 19.8 Å². The molecule has 0 amide bonds. The fourth-order valence-corrected chi connectivity index (χ4v) is 0.661. The summed E-state index contributed by atoms with van der Waals surface area (Å²) < 4.78 is 5.13. The summed E-state index contributed by atoms with van der Waals surface area (Å²) in [6, 6.07) is 0. The molecule has 1 saturated heterocycles. The van der Waals surface area contributed by atoms with Crippen molar-refractivity contribution in [3.63, 3.8) is 0 Å². The molecular weight excluding hydrogens is 100 g/mol. The van der Waals surface area contributed by atoms with Crippen LogP contribution in [0, 0.1) is 11.8 Å². The molecule has 0 N–H and O–H groups in total. The molecular formula is C7H10O. The van der Waals surface area contributed by atoms with E-state index < -0.39 is 0 Å². The van der Waals surface area contributed by atoms with Gasteiger partial charge in [-0.3, -0.25) is 0 Å². The maximum absolute atomic E-state index is 5.13. The summed E-state index contributed by atoms with van der Waals surface area (Å²) in [6.07, 6.45) is 2.59. The van der Waals surface area contributed by atoms with Crippen LogP contribution >= 0.6 is 0 Å². The van der Waals surface area contributed by atoms with E-state index >= 15 is 0 Å². The van der Waals surface area contributed by atoms with Crippen LogP contribution in [0.4, 0.5) is 0 Å². The lowest BCUT2D eigenvalue weighted by Crippen LogP contribution is -2.25. The van der Waals surface area contributed by atoms with Gasteiger partial charge in [0.2, 0.25) is 0 Å². The van der Waals surface area contributed by atoms with Crippen molar-refractivity contribution in [1.82, 2.24) is 0 Å². The Kier molecular flexibility index (Phi) is 1.93. The van der Waals surface area contributed by atoms with Crippen LogP contribution in [-0.2, 0) is 4.74 Å². The smallest absolute Gasteiger partial charge is 0.0706 e. The second-order valence-electron chi connectivity index (χ2n) is 1.91. The fraction of sp³-hybridized carbons (Fsp3) is 0.714. The van der Waals surface area contributed by atoms with Crippen LogP contribution in [-0.4, -0.2) is 12.7 Å². The van der Waals surface area contributed by atoms with Gasteiger partial charge in [-0.15, -0.1) is 11.8 Å². The lowest BCUT2D eigenvalue weighted by Gasteiger charge is -2.23. The van der Waals surface area contributed by atoms with Gasteiger partial charge >= 0.3 is 0 Å². The molecule has 1 unspecified atom stereocenters. The molecule has 0 aromatic rings. The van der Waals surface area contributed by atoms with Crippen molar-refractivity contribution < 1.29 is 4.74 Å². The first-order chi connectivity index (χ1) is 3.93. The number of rotatable bonds is 1. The minimum absolute atomic E-state index is 0.461. The van der Waals surface area contributed by atoms with Crippen LogP contribution in [0.2, 0.25) is 0 Å². The van der Waals surface area contributed by atoms with Crippen LogP contribution in [0.5, 0.6) is 0 Å². The van der Waals surface area contributed by atoms with Gasteiger partial charge in [0.05, 0.1) is 6.10 Å². The Morgan fingerprint density at radius 1 is 1.75 bits per heavy atom. The van der Waals surface area contributed by atoms with Gasteiger partial charge in [-0.2, -0.15) is 0 Å². The zero-order valence-corrected chi connectivity index (χ0v) is 5.11. The average Bonchev–Trinajstić information content (AvgIpc) is 1.63. The monoisotopic (exact) mass is 110 g/mol. The van der Waals surface area contributed by atoms with Crippen LogP contribution in [0.25, 0.3) is 0 Å². The molecule has 1 atom stereocenters. The minimum atomic E-state index is 0.461. The van der Waals surface area contributed by atoms with Crippen molar-refractivity contribution >= 4 is 0 Å². The molecule has 1 aliphatic heterocycles. The third-order valence-electron chi connectivity index (χ3n) is 1.30. The van der Waals surface area contributed by atoms with Crippen molar-refractivity contribution in [2.24, 2.45) is 0 Å². The van der Waals surface area contributed by atoms with Crippen molar-refractivity contribution in [1.29, 1.82) is 0 Å². The Hall–Kier alpha value is -0.480. The quantitative estimate of drug-likeness (QED) is 0.461. The Labute approximate surface area is 50.0 Å². The number of hydrogen-bond donors (Lipinski definition) is 0. The predicted octanol–water partition coefficient (Wildman–Crippen LogP) is 1.19. The van der Waals surface area contributed by atoms with Gasteiger partial charge in [0.1, 0.15) is 0 Å². The highest BCUT2D eigenvalue weighted by atomic mass is 16.5. The van der Waals surface area contributed by atoms with E-state index in [1.807, 2.05) is 6.92 Å². The highest BCUT2D eigenvalue weighted by Crippen LogP contribution is 2.13. The summed E-state index contributed by atoms with van der Waals surface area (Å²) in [5, 5.41) is 0. The van der Waals surface area contributed by atoms with Crippen LogP contribution in [0.15, 0.2) is 0 Å². The van der Waals surface area contributed by atoms with E-state index in [4.69, 9.17) is 4.74 Å². The SMILES string of the molecule is CC#CCC1CCO1. The van der Waals surface area contributed by atoms with Gasteiger partial charge in [-0.1, -0.05) is 0 Å². The molecule has 0 spiro atoms. The average molecular weight is 110 g/mol. The van der Waals surface area contributed by atoms with Gasteiger partial charge in [0, 0.05) is 13.0 Å². The zero-order chi connectivity index (χ0) is 5.82. The van der Waals surface area contributed by atoms with Crippen molar-refractivity contribution in [3.8, 4) is 11.8 Å². The van der Waals surface area contributed by atoms with Gasteiger partial charge in [-0.05, 0) is 13.3 Å². The molecule has 8 heavy (non-hydrogen) atoms. The molecule has 1 heteroatoms. The second kappa shape index (κ2) is 2.74. The Balaban J connectivity index is 2.07. The molecule has 1 fully saturated rings. The fourth-order valence-electron chi connectivity index (χ4n) is 0.661. The van der Waals surface area contributed by atoms with E-state index in [1.165, 1.54) is 6.42 Å². The molecule has 1 nitrogen and oxygen atoms in total. The standard InChI is InChI=1S/C7H10O/c1-2-3-4-7-5-6-8-7/h7H,4-6H2,1H3. The Bertz CT molecular complexity index is 114. The van der Waals surface area contributed by atoms with E-state index in [-0.39, 0.29) is 0 Å². The van der Waals surface area contributed by atoms with Crippen molar-refractivity contribution in [2.75, 3.05) is 6.61 Å². The molecule has 1 rings (SSSR count). The molecule has 1 heterocycles. The van der Waals surface area contributed by atoms with Crippen molar-refractivity contribution in [2.45, 2.75) is 25.9 Å². The third kappa shape index (κ3) is 1.24. The molecule has 0 aromatic heterocycles. The van der Waals surface area contributed by atoms with E-state index in [0.717, 1.165) is 13.0 Å². The first-order valence-corrected chi connectivity index (χ1v) is 2.94. The summed E-state index contributed by atoms with van der Waals surface area (Å²) >= 11 is 0.